The van der Waals surface area contributed by atoms with Gasteiger partial charge in [0.05, 0.1) is 6.61 Å². The lowest BCUT2D eigenvalue weighted by Crippen LogP contribution is -2.43. The monoisotopic (exact) mass is 372 g/mol. The van der Waals surface area contributed by atoms with Gasteiger partial charge in [0.2, 0.25) is 0 Å². The predicted octanol–water partition coefficient (Wildman–Crippen LogP) is 6.29. The smallest absolute Gasteiger partial charge is 0.453 e. The normalized spacial score (nSPS) is 13.4. The van der Waals surface area contributed by atoms with Crippen molar-refractivity contribution in [1.29, 1.82) is 0 Å². The van der Waals surface area contributed by atoms with E-state index in [0.29, 0.717) is 5.75 Å². The van der Waals surface area contributed by atoms with Gasteiger partial charge in [-0.15, -0.1) is 0 Å². The van der Waals surface area contributed by atoms with Crippen LogP contribution in [0.5, 0.6) is 5.75 Å². The number of alkyl halides is 5. The fourth-order valence-corrected chi connectivity index (χ4v) is 2.76. The first-order valence-corrected chi connectivity index (χ1v) is 8.47. The highest BCUT2D eigenvalue weighted by Gasteiger charge is 2.61. The quantitative estimate of drug-likeness (QED) is 0.371. The lowest BCUT2D eigenvalue weighted by molar-refractivity contribution is -0.304. The van der Waals surface area contributed by atoms with Gasteiger partial charge in [-0.1, -0.05) is 48.5 Å². The van der Waals surface area contributed by atoms with Gasteiger partial charge in [0.1, 0.15) is 5.75 Å². The third kappa shape index (κ3) is 5.71. The molecular formula is C20H21F5O. The molecule has 1 atom stereocenters. The zero-order valence-corrected chi connectivity index (χ0v) is 14.2. The second-order valence-corrected chi connectivity index (χ2v) is 6.15. The molecule has 6 heteroatoms. The summed E-state index contributed by atoms with van der Waals surface area (Å²) in [4.78, 5) is 0. The van der Waals surface area contributed by atoms with E-state index in [1.54, 1.807) is 60.7 Å². The maximum atomic E-state index is 13.9. The van der Waals surface area contributed by atoms with Crippen molar-refractivity contribution in [2.45, 2.75) is 37.8 Å². The first kappa shape index (κ1) is 20.2. The molecule has 0 heterocycles. The molecule has 142 valence electrons. The van der Waals surface area contributed by atoms with Crippen molar-refractivity contribution in [1.82, 2.24) is 0 Å². The third-order valence-corrected chi connectivity index (χ3v) is 4.22. The molecule has 2 aromatic rings. The van der Waals surface area contributed by atoms with Crippen molar-refractivity contribution >= 4 is 0 Å². The average Bonchev–Trinajstić information content (AvgIpc) is 2.61. The Balaban J connectivity index is 1.94. The number of rotatable bonds is 9. The zero-order chi connectivity index (χ0) is 19.0. The van der Waals surface area contributed by atoms with Crippen LogP contribution < -0.4 is 4.74 Å². The maximum Gasteiger partial charge on any atom is 0.453 e. The fraction of sp³-hybridized carbons (Fsp3) is 0.400. The first-order valence-electron chi connectivity index (χ1n) is 8.47. The van der Waals surface area contributed by atoms with Crippen LogP contribution in [0.15, 0.2) is 60.7 Å². The molecule has 0 bridgehead atoms. The van der Waals surface area contributed by atoms with E-state index in [9.17, 15) is 22.0 Å². The zero-order valence-electron chi connectivity index (χ0n) is 14.2. The van der Waals surface area contributed by atoms with Crippen LogP contribution in [0.2, 0.25) is 0 Å². The molecule has 0 aliphatic carbocycles. The molecule has 2 aromatic carbocycles. The van der Waals surface area contributed by atoms with E-state index in [1.165, 1.54) is 0 Å². The van der Waals surface area contributed by atoms with Gasteiger partial charge in [0.15, 0.2) is 0 Å². The number of halogens is 5. The molecular weight excluding hydrogens is 351 g/mol. The molecule has 1 nitrogen and oxygen atoms in total. The highest BCUT2D eigenvalue weighted by Crippen LogP contribution is 2.44. The van der Waals surface area contributed by atoms with E-state index in [-0.39, 0.29) is 32.3 Å². The summed E-state index contributed by atoms with van der Waals surface area (Å²) in [6.45, 7) is 0.0970. The van der Waals surface area contributed by atoms with E-state index in [1.807, 2.05) is 0 Å². The van der Waals surface area contributed by atoms with Crippen LogP contribution in [-0.2, 0) is 6.42 Å². The highest BCUT2D eigenvalue weighted by molar-refractivity contribution is 5.20. The first-order chi connectivity index (χ1) is 12.3. The van der Waals surface area contributed by atoms with Crippen LogP contribution in [0.4, 0.5) is 22.0 Å². The van der Waals surface area contributed by atoms with Gasteiger partial charge in [-0.25, -0.2) is 0 Å². The van der Waals surface area contributed by atoms with Crippen LogP contribution >= 0.6 is 0 Å². The van der Waals surface area contributed by atoms with Crippen molar-refractivity contribution in [2.24, 2.45) is 5.92 Å². The van der Waals surface area contributed by atoms with Gasteiger partial charge in [-0.2, -0.15) is 22.0 Å². The Morgan fingerprint density at radius 1 is 0.769 bits per heavy atom. The molecule has 0 aromatic heterocycles. The fourth-order valence-electron chi connectivity index (χ4n) is 2.76. The van der Waals surface area contributed by atoms with E-state index in [2.05, 4.69) is 0 Å². The van der Waals surface area contributed by atoms with Crippen molar-refractivity contribution < 1.29 is 26.7 Å². The molecule has 0 amide bonds. The average molecular weight is 372 g/mol. The molecule has 0 saturated carbocycles. The molecule has 0 saturated heterocycles. The number of hydrogen-bond acceptors (Lipinski definition) is 1. The topological polar surface area (TPSA) is 9.23 Å². The number of benzene rings is 2. The number of aryl methyl sites for hydroxylation is 1. The van der Waals surface area contributed by atoms with Gasteiger partial charge in [0.25, 0.3) is 0 Å². The highest BCUT2D eigenvalue weighted by atomic mass is 19.4. The number of hydrogen-bond donors (Lipinski definition) is 0. The summed E-state index contributed by atoms with van der Waals surface area (Å²) in [6, 6.07) is 17.4. The molecule has 1 unspecified atom stereocenters. The van der Waals surface area contributed by atoms with Crippen LogP contribution in [0.1, 0.15) is 24.8 Å². The third-order valence-electron chi connectivity index (χ3n) is 4.22. The standard InChI is InChI=1S/C20H21F5O/c21-19(22,20(23,24)25)17(14-13-16-8-3-1-4-9-16)10-7-15-26-18-11-5-2-6-12-18/h1-6,8-9,11-12,17H,7,10,13-15H2. The van der Waals surface area contributed by atoms with Gasteiger partial charge in [-0.3, -0.25) is 0 Å². The van der Waals surface area contributed by atoms with E-state index in [4.69, 9.17) is 4.74 Å². The minimum absolute atomic E-state index is 0.0970. The Morgan fingerprint density at radius 2 is 1.35 bits per heavy atom. The summed E-state index contributed by atoms with van der Waals surface area (Å²) >= 11 is 0. The second kappa shape index (κ2) is 9.01. The summed E-state index contributed by atoms with van der Waals surface area (Å²) in [5, 5.41) is 0. The van der Waals surface area contributed by atoms with Gasteiger partial charge < -0.3 is 4.74 Å². The summed E-state index contributed by atoms with van der Waals surface area (Å²) in [5.74, 6) is -5.92. The van der Waals surface area contributed by atoms with E-state index in [0.717, 1.165) is 5.56 Å². The van der Waals surface area contributed by atoms with Gasteiger partial charge in [-0.05, 0) is 43.4 Å². The van der Waals surface area contributed by atoms with Crippen LogP contribution in [0.3, 0.4) is 0 Å². The Bertz CT molecular complexity index is 640. The Morgan fingerprint density at radius 3 is 1.92 bits per heavy atom. The molecule has 26 heavy (non-hydrogen) atoms. The van der Waals surface area contributed by atoms with Gasteiger partial charge >= 0.3 is 12.1 Å². The van der Waals surface area contributed by atoms with E-state index >= 15 is 0 Å². The molecule has 0 spiro atoms. The van der Waals surface area contributed by atoms with E-state index < -0.39 is 18.0 Å². The number of ether oxygens (including phenoxy) is 1. The Labute approximate surface area is 149 Å². The number of para-hydroxylation sites is 1. The molecule has 0 radical (unpaired) electrons. The minimum Gasteiger partial charge on any atom is -0.494 e. The van der Waals surface area contributed by atoms with Crippen molar-refractivity contribution in [3.8, 4) is 5.75 Å². The lowest BCUT2D eigenvalue weighted by Gasteiger charge is -2.29. The Kier molecular flexibility index (Phi) is 7.00. The molecule has 0 fully saturated rings. The Hall–Kier alpha value is -2.11. The molecule has 2 rings (SSSR count). The molecule has 0 aliphatic rings. The van der Waals surface area contributed by atoms with Crippen LogP contribution in [0.25, 0.3) is 0 Å². The summed E-state index contributed by atoms with van der Waals surface area (Å²) in [6.07, 6.45) is -5.74. The van der Waals surface area contributed by atoms with Crippen LogP contribution in [0, 0.1) is 5.92 Å². The largest absolute Gasteiger partial charge is 0.494 e. The second-order valence-electron chi connectivity index (χ2n) is 6.15. The molecule has 0 N–H and O–H groups in total. The lowest BCUT2D eigenvalue weighted by atomic mass is 9.89. The summed E-state index contributed by atoms with van der Waals surface area (Å²) in [7, 11) is 0. The van der Waals surface area contributed by atoms with Crippen molar-refractivity contribution in [2.75, 3.05) is 6.61 Å². The SMILES string of the molecule is FC(F)(F)C(F)(F)C(CCCOc1ccccc1)CCc1ccccc1. The van der Waals surface area contributed by atoms with Gasteiger partial charge in [0, 0.05) is 5.92 Å². The summed E-state index contributed by atoms with van der Waals surface area (Å²) in [5.41, 5.74) is 0.746. The minimum atomic E-state index is -5.55. The molecule has 0 aliphatic heterocycles. The summed E-state index contributed by atoms with van der Waals surface area (Å²) < 4.78 is 71.6. The predicted molar refractivity (Wildman–Crippen MR) is 90.4 cm³/mol. The van der Waals surface area contributed by atoms with Crippen molar-refractivity contribution in [3.63, 3.8) is 0 Å². The van der Waals surface area contributed by atoms with Crippen LogP contribution in [-0.4, -0.2) is 18.7 Å². The van der Waals surface area contributed by atoms with Crippen molar-refractivity contribution in [3.05, 3.63) is 66.2 Å². The maximum absolute atomic E-state index is 13.9.